The van der Waals surface area contributed by atoms with Crippen molar-refractivity contribution in [2.24, 2.45) is 10.9 Å². The van der Waals surface area contributed by atoms with Crippen molar-refractivity contribution in [2.75, 3.05) is 47.6 Å². The largest absolute Gasteiger partial charge is 0.496 e. The van der Waals surface area contributed by atoms with E-state index >= 15 is 0 Å². The summed E-state index contributed by atoms with van der Waals surface area (Å²) in [6, 6.07) is 8.15. The number of nitrogens with zero attached hydrogens (tertiary/aromatic N) is 3. The number of benzene rings is 1. The molecule has 1 atom stereocenters. The number of hydrogen-bond acceptors (Lipinski definition) is 3. The molecular formula is C16H27N3OS. The van der Waals surface area contributed by atoms with Crippen molar-refractivity contribution in [3.8, 4) is 5.75 Å². The van der Waals surface area contributed by atoms with Crippen LogP contribution in [0.3, 0.4) is 0 Å². The van der Waals surface area contributed by atoms with E-state index in [2.05, 4.69) is 13.0 Å². The lowest BCUT2D eigenvalue weighted by atomic mass is 10.2. The van der Waals surface area contributed by atoms with E-state index in [9.17, 15) is 0 Å². The first-order chi connectivity index (χ1) is 9.95. The van der Waals surface area contributed by atoms with Crippen LogP contribution in [0.2, 0.25) is 0 Å². The summed E-state index contributed by atoms with van der Waals surface area (Å²) < 4.78 is 5.38. The molecule has 4 nitrogen and oxygen atoms in total. The molecule has 0 radical (unpaired) electrons. The topological polar surface area (TPSA) is 28.1 Å². The molecule has 1 rings (SSSR count). The van der Waals surface area contributed by atoms with Gasteiger partial charge in [-0.1, -0.05) is 19.1 Å². The molecule has 0 bridgehead atoms. The Morgan fingerprint density at radius 1 is 1.19 bits per heavy atom. The van der Waals surface area contributed by atoms with Crippen molar-refractivity contribution in [1.29, 1.82) is 0 Å². The highest BCUT2D eigenvalue weighted by atomic mass is 32.2. The van der Waals surface area contributed by atoms with E-state index < -0.39 is 0 Å². The van der Waals surface area contributed by atoms with Gasteiger partial charge in [-0.3, -0.25) is 4.99 Å². The lowest BCUT2D eigenvalue weighted by Crippen LogP contribution is -2.35. The standard InChI is InChI=1S/C16H27N3OS/c1-13(11-17-16(18(2)3)19(4)5)12-21-15-10-8-7-9-14(15)20-6/h7-10,13H,11-12H2,1-6H3. The zero-order valence-corrected chi connectivity index (χ0v) is 14.8. The minimum Gasteiger partial charge on any atom is -0.496 e. The lowest BCUT2D eigenvalue weighted by Gasteiger charge is -2.23. The van der Waals surface area contributed by atoms with E-state index in [1.807, 2.05) is 68.0 Å². The molecule has 1 aromatic carbocycles. The summed E-state index contributed by atoms with van der Waals surface area (Å²) in [7, 11) is 9.80. The van der Waals surface area contributed by atoms with E-state index in [4.69, 9.17) is 9.73 Å². The van der Waals surface area contributed by atoms with Crippen LogP contribution in [0.4, 0.5) is 0 Å². The molecule has 0 N–H and O–H groups in total. The van der Waals surface area contributed by atoms with Crippen molar-refractivity contribution in [1.82, 2.24) is 9.80 Å². The monoisotopic (exact) mass is 309 g/mol. The molecule has 0 saturated heterocycles. The van der Waals surface area contributed by atoms with Gasteiger partial charge >= 0.3 is 0 Å². The van der Waals surface area contributed by atoms with Crippen molar-refractivity contribution < 1.29 is 4.74 Å². The SMILES string of the molecule is COc1ccccc1SCC(C)CN=C(N(C)C)N(C)C. The fourth-order valence-electron chi connectivity index (χ4n) is 1.94. The quantitative estimate of drug-likeness (QED) is 0.459. The highest BCUT2D eigenvalue weighted by Gasteiger charge is 2.09. The number of rotatable bonds is 6. The number of hydrogen-bond donors (Lipinski definition) is 0. The van der Waals surface area contributed by atoms with Gasteiger partial charge in [-0.2, -0.15) is 0 Å². The molecule has 0 fully saturated rings. The Kier molecular flexibility index (Phi) is 7.43. The van der Waals surface area contributed by atoms with Gasteiger partial charge in [-0.05, 0) is 18.1 Å². The summed E-state index contributed by atoms with van der Waals surface area (Å²) in [5.74, 6) is 3.48. The minimum atomic E-state index is 0.509. The van der Waals surface area contributed by atoms with Crippen molar-refractivity contribution in [3.63, 3.8) is 0 Å². The Morgan fingerprint density at radius 2 is 1.81 bits per heavy atom. The van der Waals surface area contributed by atoms with Crippen LogP contribution in [0.25, 0.3) is 0 Å². The summed E-state index contributed by atoms with van der Waals surface area (Å²) in [4.78, 5) is 9.98. The van der Waals surface area contributed by atoms with E-state index in [1.165, 1.54) is 4.90 Å². The predicted molar refractivity (Wildman–Crippen MR) is 92.6 cm³/mol. The Morgan fingerprint density at radius 3 is 2.38 bits per heavy atom. The van der Waals surface area contributed by atoms with Crippen LogP contribution in [0, 0.1) is 5.92 Å². The van der Waals surface area contributed by atoms with Crippen LogP contribution in [0.15, 0.2) is 34.2 Å². The van der Waals surface area contributed by atoms with Gasteiger partial charge in [0.2, 0.25) is 0 Å². The lowest BCUT2D eigenvalue weighted by molar-refractivity contribution is 0.405. The molecule has 0 spiro atoms. The molecule has 21 heavy (non-hydrogen) atoms. The summed E-state index contributed by atoms with van der Waals surface area (Å²) in [6.07, 6.45) is 0. The van der Waals surface area contributed by atoms with E-state index in [-0.39, 0.29) is 0 Å². The second-order valence-electron chi connectivity index (χ2n) is 5.50. The number of thioether (sulfide) groups is 1. The Hall–Kier alpha value is -1.36. The third-order valence-corrected chi connectivity index (χ3v) is 4.32. The average Bonchev–Trinajstić information content (AvgIpc) is 2.44. The molecular weight excluding hydrogens is 282 g/mol. The predicted octanol–water partition coefficient (Wildman–Crippen LogP) is 2.90. The first-order valence-electron chi connectivity index (χ1n) is 7.10. The number of aliphatic imine (C=N–C) groups is 1. The van der Waals surface area contributed by atoms with E-state index in [0.717, 1.165) is 24.0 Å². The molecule has 0 amide bonds. The van der Waals surface area contributed by atoms with Crippen LogP contribution in [-0.2, 0) is 0 Å². The Balaban J connectivity index is 2.54. The first kappa shape index (κ1) is 17.7. The van der Waals surface area contributed by atoms with Gasteiger partial charge in [0.1, 0.15) is 5.75 Å². The van der Waals surface area contributed by atoms with Crippen LogP contribution in [0.1, 0.15) is 6.92 Å². The van der Waals surface area contributed by atoms with Crippen LogP contribution >= 0.6 is 11.8 Å². The molecule has 1 unspecified atom stereocenters. The molecule has 0 aromatic heterocycles. The van der Waals surface area contributed by atoms with Gasteiger partial charge in [0.25, 0.3) is 0 Å². The Labute approximate surface area is 133 Å². The molecule has 0 saturated carbocycles. The number of guanidine groups is 1. The van der Waals surface area contributed by atoms with Gasteiger partial charge in [-0.15, -0.1) is 11.8 Å². The zero-order valence-electron chi connectivity index (χ0n) is 14.0. The van der Waals surface area contributed by atoms with Crippen LogP contribution in [-0.4, -0.2) is 63.4 Å². The molecule has 1 aromatic rings. The smallest absolute Gasteiger partial charge is 0.195 e. The number of ether oxygens (including phenoxy) is 1. The molecule has 0 heterocycles. The highest BCUT2D eigenvalue weighted by molar-refractivity contribution is 7.99. The summed E-state index contributed by atoms with van der Waals surface area (Å²) >= 11 is 1.83. The first-order valence-corrected chi connectivity index (χ1v) is 8.09. The van der Waals surface area contributed by atoms with Crippen LogP contribution < -0.4 is 4.74 Å². The van der Waals surface area contributed by atoms with Gasteiger partial charge in [-0.25, -0.2) is 0 Å². The van der Waals surface area contributed by atoms with Crippen molar-refractivity contribution in [2.45, 2.75) is 11.8 Å². The van der Waals surface area contributed by atoms with Crippen molar-refractivity contribution >= 4 is 17.7 Å². The molecule has 0 aliphatic rings. The second-order valence-corrected chi connectivity index (χ2v) is 6.56. The Bertz CT molecular complexity index is 451. The molecule has 0 aliphatic carbocycles. The average molecular weight is 309 g/mol. The second kappa shape index (κ2) is 8.82. The maximum Gasteiger partial charge on any atom is 0.195 e. The number of methoxy groups -OCH3 is 1. The summed E-state index contributed by atoms with van der Waals surface area (Å²) in [6.45, 7) is 3.06. The fraction of sp³-hybridized carbons (Fsp3) is 0.562. The summed E-state index contributed by atoms with van der Waals surface area (Å²) in [5, 5.41) is 0. The summed E-state index contributed by atoms with van der Waals surface area (Å²) in [5.41, 5.74) is 0. The van der Waals surface area contributed by atoms with E-state index in [1.54, 1.807) is 7.11 Å². The molecule has 0 aliphatic heterocycles. The maximum absolute atomic E-state index is 5.38. The van der Waals surface area contributed by atoms with Gasteiger partial charge in [0, 0.05) is 45.4 Å². The van der Waals surface area contributed by atoms with Crippen molar-refractivity contribution in [3.05, 3.63) is 24.3 Å². The molecule has 118 valence electrons. The third-order valence-electron chi connectivity index (χ3n) is 2.94. The van der Waals surface area contributed by atoms with Gasteiger partial charge < -0.3 is 14.5 Å². The maximum atomic E-state index is 5.38. The zero-order chi connectivity index (χ0) is 15.8. The van der Waals surface area contributed by atoms with Gasteiger partial charge in [0.05, 0.1) is 7.11 Å². The van der Waals surface area contributed by atoms with E-state index in [0.29, 0.717) is 5.92 Å². The molecule has 5 heteroatoms. The highest BCUT2D eigenvalue weighted by Crippen LogP contribution is 2.29. The van der Waals surface area contributed by atoms with Crippen LogP contribution in [0.5, 0.6) is 5.75 Å². The number of para-hydroxylation sites is 1. The third kappa shape index (κ3) is 5.87. The van der Waals surface area contributed by atoms with Gasteiger partial charge in [0.15, 0.2) is 5.96 Å². The normalized spacial score (nSPS) is 11.7. The fourth-order valence-corrected chi connectivity index (χ4v) is 2.98. The minimum absolute atomic E-state index is 0.509.